The summed E-state index contributed by atoms with van der Waals surface area (Å²) in [5.41, 5.74) is 3.40. The van der Waals surface area contributed by atoms with Crippen LogP contribution in [0.2, 0.25) is 15.1 Å². The predicted octanol–water partition coefficient (Wildman–Crippen LogP) is 9.26. The first-order valence-electron chi connectivity index (χ1n) is 19.2. The second-order valence-electron chi connectivity index (χ2n) is 16.4. The van der Waals surface area contributed by atoms with E-state index in [0.29, 0.717) is 46.9 Å². The van der Waals surface area contributed by atoms with Crippen LogP contribution in [-0.4, -0.2) is 83.4 Å². The SMILES string of the molecule is COCCc1ccc(Cl)c(CN(C(=O)C2C(c3ccc(N4CCC(Oc5c(Cl)cc(C)cc5Cl)C4)nc3)CC3CCC2N3C(=O)OC(C)(C)C)C2CC2)c1. The van der Waals surface area contributed by atoms with Crippen LogP contribution < -0.4 is 9.64 Å². The maximum absolute atomic E-state index is 15.1. The zero-order valence-corrected chi connectivity index (χ0v) is 34.1. The Labute approximate surface area is 334 Å². The number of anilines is 1. The molecule has 7 rings (SSSR count). The molecule has 1 aliphatic carbocycles. The largest absolute Gasteiger partial charge is 0.485 e. The molecule has 4 heterocycles. The summed E-state index contributed by atoms with van der Waals surface area (Å²) >= 11 is 19.7. The van der Waals surface area contributed by atoms with Gasteiger partial charge in [0, 0.05) is 61.9 Å². The minimum Gasteiger partial charge on any atom is -0.485 e. The van der Waals surface area contributed by atoms with Crippen molar-refractivity contribution in [3.8, 4) is 5.75 Å². The fraction of sp³-hybridized carbons (Fsp3) is 0.548. The van der Waals surface area contributed by atoms with Gasteiger partial charge in [-0.05, 0) is 113 Å². The molecule has 54 heavy (non-hydrogen) atoms. The number of amides is 2. The van der Waals surface area contributed by atoms with Gasteiger partial charge in [0.25, 0.3) is 0 Å². The number of carbonyl (C=O) groups excluding carboxylic acids is 2. The first kappa shape index (κ1) is 39.0. The van der Waals surface area contributed by atoms with E-state index in [4.69, 9.17) is 54.0 Å². The standard InChI is InChI=1S/C42H51Cl3N4O5/c1-25-18-34(44)39(35(45)19-25)53-31-14-16-47(24-31)37-13-7-27(22-46-37)32-21-30-10-12-36(49(30)41(51)54-42(2,3)4)38(32)40(50)48(29-8-9-29)23-28-20-26(15-17-52-5)6-11-33(28)43/h6-7,11,13,18-20,22,29-32,36,38H,8-10,12,14-17,21,23-24H2,1-5H3. The Hall–Kier alpha value is -3.24. The molecule has 3 saturated heterocycles. The fourth-order valence-corrected chi connectivity index (χ4v) is 9.42. The summed E-state index contributed by atoms with van der Waals surface area (Å²) in [6, 6.07) is 13.8. The maximum atomic E-state index is 15.1. The van der Waals surface area contributed by atoms with Crippen molar-refractivity contribution in [3.05, 3.63) is 86.0 Å². The average Bonchev–Trinajstić information content (AvgIpc) is 3.77. The lowest BCUT2D eigenvalue weighted by atomic mass is 9.75. The van der Waals surface area contributed by atoms with Crippen molar-refractivity contribution in [1.82, 2.24) is 14.8 Å². The monoisotopic (exact) mass is 796 g/mol. The van der Waals surface area contributed by atoms with Crippen LogP contribution in [0, 0.1) is 12.8 Å². The van der Waals surface area contributed by atoms with Crippen molar-refractivity contribution in [2.24, 2.45) is 5.92 Å². The lowest BCUT2D eigenvalue weighted by molar-refractivity contribution is -0.141. The number of aryl methyl sites for hydroxylation is 1. The molecular weight excluding hydrogens is 747 g/mol. The van der Waals surface area contributed by atoms with Gasteiger partial charge in [-0.2, -0.15) is 0 Å². The van der Waals surface area contributed by atoms with Crippen LogP contribution in [0.3, 0.4) is 0 Å². The van der Waals surface area contributed by atoms with E-state index >= 15 is 4.79 Å². The number of carbonyl (C=O) groups is 2. The molecule has 2 amide bonds. The van der Waals surface area contributed by atoms with Gasteiger partial charge in [0.2, 0.25) is 5.91 Å². The Balaban J connectivity index is 1.14. The number of hydrogen-bond acceptors (Lipinski definition) is 7. The van der Waals surface area contributed by atoms with Crippen LogP contribution in [0.25, 0.3) is 0 Å². The zero-order valence-electron chi connectivity index (χ0n) is 31.8. The molecule has 5 atom stereocenters. The highest BCUT2D eigenvalue weighted by Gasteiger charge is 2.55. The van der Waals surface area contributed by atoms with Gasteiger partial charge in [0.1, 0.15) is 17.5 Å². The van der Waals surface area contributed by atoms with Crippen LogP contribution in [0.15, 0.2) is 48.7 Å². The molecule has 2 bridgehead atoms. The van der Waals surface area contributed by atoms with Crippen LogP contribution in [-0.2, 0) is 27.2 Å². The predicted molar refractivity (Wildman–Crippen MR) is 213 cm³/mol. The van der Waals surface area contributed by atoms with E-state index < -0.39 is 11.5 Å². The molecule has 1 saturated carbocycles. The lowest BCUT2D eigenvalue weighted by Crippen LogP contribution is -2.56. The molecule has 9 nitrogen and oxygen atoms in total. The van der Waals surface area contributed by atoms with Gasteiger partial charge in [0.15, 0.2) is 5.75 Å². The number of nitrogens with zero attached hydrogens (tertiary/aromatic N) is 4. The van der Waals surface area contributed by atoms with Gasteiger partial charge in [-0.3, -0.25) is 4.79 Å². The molecule has 2 aromatic carbocycles. The topological polar surface area (TPSA) is 84.4 Å². The van der Waals surface area contributed by atoms with Gasteiger partial charge in [0.05, 0.1) is 29.1 Å². The summed E-state index contributed by atoms with van der Waals surface area (Å²) in [4.78, 5) is 40.0. The number of fused-ring (bicyclic) bond motifs is 2. The van der Waals surface area contributed by atoms with E-state index in [1.807, 2.05) is 68.0 Å². The third-order valence-electron chi connectivity index (χ3n) is 11.2. The Morgan fingerprint density at radius 3 is 2.39 bits per heavy atom. The van der Waals surface area contributed by atoms with Crippen LogP contribution in [0.5, 0.6) is 5.75 Å². The van der Waals surface area contributed by atoms with Crippen molar-refractivity contribution in [1.29, 1.82) is 0 Å². The fourth-order valence-electron chi connectivity index (χ4n) is 8.56. The molecule has 4 fully saturated rings. The number of methoxy groups -OCH3 is 1. The Kier molecular flexibility index (Phi) is 11.6. The minimum atomic E-state index is -0.643. The van der Waals surface area contributed by atoms with Gasteiger partial charge >= 0.3 is 6.09 Å². The van der Waals surface area contributed by atoms with E-state index in [1.165, 1.54) is 0 Å². The number of rotatable bonds is 11. The van der Waals surface area contributed by atoms with Crippen LogP contribution >= 0.6 is 34.8 Å². The second kappa shape index (κ2) is 16.1. The summed E-state index contributed by atoms with van der Waals surface area (Å²) in [6.45, 7) is 10.1. The third-order valence-corrected chi connectivity index (χ3v) is 12.2. The van der Waals surface area contributed by atoms with E-state index in [9.17, 15) is 4.79 Å². The lowest BCUT2D eigenvalue weighted by Gasteiger charge is -2.45. The quantitative estimate of drug-likeness (QED) is 0.191. The van der Waals surface area contributed by atoms with E-state index in [2.05, 4.69) is 23.1 Å². The first-order valence-corrected chi connectivity index (χ1v) is 20.3. The molecule has 12 heteroatoms. The molecule has 3 aromatic rings. The minimum absolute atomic E-state index is 0.0169. The molecule has 0 radical (unpaired) electrons. The Morgan fingerprint density at radius 2 is 1.72 bits per heavy atom. The van der Waals surface area contributed by atoms with Crippen molar-refractivity contribution >= 4 is 52.6 Å². The first-order chi connectivity index (χ1) is 25.8. The number of hydrogen-bond donors (Lipinski definition) is 0. The highest BCUT2D eigenvalue weighted by Crippen LogP contribution is 2.49. The number of ether oxygens (including phenoxy) is 3. The Morgan fingerprint density at radius 1 is 0.963 bits per heavy atom. The summed E-state index contributed by atoms with van der Waals surface area (Å²) in [5, 5.41) is 1.66. The zero-order chi connectivity index (χ0) is 38.3. The average molecular weight is 798 g/mol. The molecule has 3 aliphatic heterocycles. The highest BCUT2D eigenvalue weighted by atomic mass is 35.5. The van der Waals surface area contributed by atoms with Gasteiger partial charge in [-0.1, -0.05) is 53.0 Å². The number of benzene rings is 2. The number of piperidine rings is 1. The molecular formula is C42H51Cl3N4O5. The van der Waals surface area contributed by atoms with Gasteiger partial charge < -0.3 is 28.9 Å². The van der Waals surface area contributed by atoms with Crippen molar-refractivity contribution < 1.29 is 23.8 Å². The second-order valence-corrected chi connectivity index (χ2v) is 17.6. The molecule has 4 aliphatic rings. The number of pyridine rings is 1. The van der Waals surface area contributed by atoms with E-state index in [0.717, 1.165) is 73.1 Å². The normalized spacial score (nSPS) is 23.8. The summed E-state index contributed by atoms with van der Waals surface area (Å²) in [5.74, 6) is 0.875. The van der Waals surface area contributed by atoms with Crippen LogP contribution in [0.1, 0.15) is 87.5 Å². The summed E-state index contributed by atoms with van der Waals surface area (Å²) < 4.78 is 17.5. The molecule has 1 aromatic heterocycles. The molecule has 0 spiro atoms. The molecule has 290 valence electrons. The number of aromatic nitrogens is 1. The summed E-state index contributed by atoms with van der Waals surface area (Å²) in [7, 11) is 1.69. The smallest absolute Gasteiger partial charge is 0.410 e. The highest BCUT2D eigenvalue weighted by molar-refractivity contribution is 6.37. The van der Waals surface area contributed by atoms with E-state index in [1.54, 1.807) is 7.11 Å². The van der Waals surface area contributed by atoms with Crippen molar-refractivity contribution in [2.75, 3.05) is 31.7 Å². The number of halogens is 3. The Bertz CT molecular complexity index is 1830. The maximum Gasteiger partial charge on any atom is 0.410 e. The molecule has 5 unspecified atom stereocenters. The van der Waals surface area contributed by atoms with Crippen LogP contribution in [0.4, 0.5) is 10.6 Å². The van der Waals surface area contributed by atoms with Gasteiger partial charge in [-0.25, -0.2) is 9.78 Å². The van der Waals surface area contributed by atoms with E-state index in [-0.39, 0.29) is 42.1 Å². The van der Waals surface area contributed by atoms with Crippen molar-refractivity contribution in [3.63, 3.8) is 0 Å². The summed E-state index contributed by atoms with van der Waals surface area (Å²) in [6.07, 6.45) is 7.23. The third kappa shape index (κ3) is 8.59. The van der Waals surface area contributed by atoms with Crippen molar-refractivity contribution in [2.45, 2.75) is 115 Å². The molecule has 0 N–H and O–H groups in total. The van der Waals surface area contributed by atoms with Gasteiger partial charge in [-0.15, -0.1) is 0 Å².